The van der Waals surface area contributed by atoms with Gasteiger partial charge in [-0.25, -0.2) is 9.37 Å². The van der Waals surface area contributed by atoms with Gasteiger partial charge in [-0.15, -0.1) is 0 Å². The van der Waals surface area contributed by atoms with Gasteiger partial charge in [0.25, 0.3) is 0 Å². The molecule has 0 unspecified atom stereocenters. The highest BCUT2D eigenvalue weighted by atomic mass is 19.1. The van der Waals surface area contributed by atoms with Gasteiger partial charge in [-0.2, -0.15) is 5.10 Å². The summed E-state index contributed by atoms with van der Waals surface area (Å²) in [6.07, 6.45) is 5.36. The summed E-state index contributed by atoms with van der Waals surface area (Å²) in [5.74, 6) is 1.88. The van der Waals surface area contributed by atoms with Crippen LogP contribution in [0, 0.1) is 5.82 Å². The van der Waals surface area contributed by atoms with E-state index in [0.717, 1.165) is 37.3 Å². The zero-order chi connectivity index (χ0) is 22.6. The Morgan fingerprint density at radius 1 is 1.00 bits per heavy atom. The number of aromatic nitrogens is 4. The van der Waals surface area contributed by atoms with E-state index < -0.39 is 0 Å². The number of anilines is 1. The van der Waals surface area contributed by atoms with Gasteiger partial charge in [-0.3, -0.25) is 19.8 Å². The van der Waals surface area contributed by atoms with E-state index >= 15 is 0 Å². The first kappa shape index (κ1) is 21.5. The number of aromatic amines is 1. The number of H-pyrrole nitrogens is 1. The van der Waals surface area contributed by atoms with Crippen LogP contribution in [0.4, 0.5) is 10.1 Å². The number of hydrogen-bond acceptors (Lipinski definition) is 6. The van der Waals surface area contributed by atoms with Crippen molar-refractivity contribution in [2.45, 2.75) is 18.8 Å². The molecule has 0 aliphatic carbocycles. The van der Waals surface area contributed by atoms with Gasteiger partial charge in [0.05, 0.1) is 12.2 Å². The summed E-state index contributed by atoms with van der Waals surface area (Å²) in [6, 6.07) is 10.6. The van der Waals surface area contributed by atoms with Gasteiger partial charge >= 0.3 is 0 Å². The van der Waals surface area contributed by atoms with E-state index in [1.807, 2.05) is 28.0 Å². The van der Waals surface area contributed by atoms with Crippen LogP contribution in [-0.4, -0.2) is 81.7 Å². The molecule has 3 aromatic rings. The van der Waals surface area contributed by atoms with E-state index in [1.165, 1.54) is 6.07 Å². The molecule has 1 aromatic carbocycles. The molecule has 8 nitrogen and oxygen atoms in total. The quantitative estimate of drug-likeness (QED) is 0.645. The normalized spacial score (nSPS) is 18.0. The van der Waals surface area contributed by atoms with E-state index in [-0.39, 0.29) is 11.7 Å². The molecule has 2 saturated heterocycles. The first-order valence-electron chi connectivity index (χ1n) is 11.5. The molecule has 4 heterocycles. The van der Waals surface area contributed by atoms with Crippen LogP contribution in [0.5, 0.6) is 0 Å². The second-order valence-corrected chi connectivity index (χ2v) is 8.65. The van der Waals surface area contributed by atoms with E-state index in [2.05, 4.69) is 25.1 Å². The minimum atomic E-state index is -0.209. The van der Waals surface area contributed by atoms with Crippen LogP contribution in [-0.2, 0) is 4.79 Å². The average Bonchev–Trinajstić information content (AvgIpc) is 3.36. The topological polar surface area (TPSA) is 81.2 Å². The summed E-state index contributed by atoms with van der Waals surface area (Å²) in [5.41, 5.74) is 1.57. The van der Waals surface area contributed by atoms with Gasteiger partial charge in [0.1, 0.15) is 11.6 Å². The number of para-hydroxylation sites is 1. The van der Waals surface area contributed by atoms with Crippen LogP contribution < -0.4 is 4.90 Å². The zero-order valence-corrected chi connectivity index (χ0v) is 18.5. The lowest BCUT2D eigenvalue weighted by Gasteiger charge is -2.38. The predicted molar refractivity (Wildman–Crippen MR) is 123 cm³/mol. The zero-order valence-electron chi connectivity index (χ0n) is 18.5. The Morgan fingerprint density at radius 2 is 1.73 bits per heavy atom. The monoisotopic (exact) mass is 449 g/mol. The van der Waals surface area contributed by atoms with E-state index in [9.17, 15) is 9.18 Å². The lowest BCUT2D eigenvalue weighted by atomic mass is 9.96. The average molecular weight is 450 g/mol. The van der Waals surface area contributed by atoms with Crippen molar-refractivity contribution in [3.63, 3.8) is 0 Å². The largest absolute Gasteiger partial charge is 0.366 e. The van der Waals surface area contributed by atoms with Crippen molar-refractivity contribution >= 4 is 11.6 Å². The molecule has 0 bridgehead atoms. The number of piperidine rings is 1. The molecule has 172 valence electrons. The van der Waals surface area contributed by atoms with Crippen LogP contribution >= 0.6 is 0 Å². The summed E-state index contributed by atoms with van der Waals surface area (Å²) in [7, 11) is 0. The number of amides is 1. The Hall–Kier alpha value is -3.33. The molecule has 33 heavy (non-hydrogen) atoms. The lowest BCUT2D eigenvalue weighted by molar-refractivity contribution is -0.133. The summed E-state index contributed by atoms with van der Waals surface area (Å²) >= 11 is 0. The third kappa shape index (κ3) is 4.88. The molecular formula is C24H28FN7O. The number of hydrogen-bond donors (Lipinski definition) is 1. The second kappa shape index (κ2) is 9.66. The minimum Gasteiger partial charge on any atom is -0.366 e. The minimum absolute atomic E-state index is 0.154. The van der Waals surface area contributed by atoms with Crippen LogP contribution in [0.2, 0.25) is 0 Å². The Morgan fingerprint density at radius 3 is 2.45 bits per heavy atom. The fraction of sp³-hybridized carbons (Fsp3) is 0.417. The Labute approximate surface area is 192 Å². The third-order valence-electron chi connectivity index (χ3n) is 6.60. The second-order valence-electron chi connectivity index (χ2n) is 8.65. The number of rotatable bonds is 5. The molecule has 0 radical (unpaired) electrons. The number of benzene rings is 1. The molecule has 9 heteroatoms. The number of likely N-dealkylation sites (tertiary alicyclic amines) is 1. The summed E-state index contributed by atoms with van der Waals surface area (Å²) < 4.78 is 14.0. The molecule has 2 aliphatic rings. The van der Waals surface area contributed by atoms with Gasteiger partial charge in [0.2, 0.25) is 5.91 Å². The molecule has 5 rings (SSSR count). The highest BCUT2D eigenvalue weighted by molar-refractivity contribution is 5.78. The van der Waals surface area contributed by atoms with E-state index in [0.29, 0.717) is 50.2 Å². The number of nitrogens with zero attached hydrogens (tertiary/aromatic N) is 6. The summed E-state index contributed by atoms with van der Waals surface area (Å²) in [4.78, 5) is 27.7. The van der Waals surface area contributed by atoms with Crippen LogP contribution in [0.25, 0.3) is 11.4 Å². The molecule has 0 atom stereocenters. The number of carbonyl (C=O) groups excluding carboxylic acids is 1. The molecular weight excluding hydrogens is 421 g/mol. The molecule has 2 aliphatic heterocycles. The van der Waals surface area contributed by atoms with Gasteiger partial charge < -0.3 is 9.80 Å². The lowest BCUT2D eigenvalue weighted by Crippen LogP contribution is -2.52. The van der Waals surface area contributed by atoms with Crippen LogP contribution in [0.1, 0.15) is 24.6 Å². The van der Waals surface area contributed by atoms with Crippen molar-refractivity contribution in [1.82, 2.24) is 30.0 Å². The number of carbonyl (C=O) groups is 1. The maximum absolute atomic E-state index is 14.0. The molecule has 1 N–H and O–H groups in total. The molecule has 0 spiro atoms. The van der Waals surface area contributed by atoms with Crippen molar-refractivity contribution in [2.24, 2.45) is 0 Å². The molecule has 2 fully saturated rings. The fourth-order valence-electron chi connectivity index (χ4n) is 4.65. The summed E-state index contributed by atoms with van der Waals surface area (Å²) in [6.45, 7) is 4.71. The van der Waals surface area contributed by atoms with Crippen molar-refractivity contribution in [2.75, 3.05) is 50.7 Å². The Bertz CT molecular complexity index is 1070. The van der Waals surface area contributed by atoms with Crippen LogP contribution in [0.3, 0.4) is 0 Å². The number of halogens is 1. The highest BCUT2D eigenvalue weighted by Gasteiger charge is 2.27. The smallest absolute Gasteiger partial charge is 0.236 e. The Kier molecular flexibility index (Phi) is 6.30. The van der Waals surface area contributed by atoms with Gasteiger partial charge in [-0.05, 0) is 50.2 Å². The number of piperazine rings is 1. The fourth-order valence-corrected chi connectivity index (χ4v) is 4.65. The number of pyridine rings is 1. The third-order valence-corrected chi connectivity index (χ3v) is 6.60. The summed E-state index contributed by atoms with van der Waals surface area (Å²) in [5, 5.41) is 7.45. The first-order chi connectivity index (χ1) is 16.2. The maximum atomic E-state index is 14.0. The van der Waals surface area contributed by atoms with Crippen molar-refractivity contribution in [3.8, 4) is 11.4 Å². The highest BCUT2D eigenvalue weighted by Crippen LogP contribution is 2.27. The SMILES string of the molecule is O=C(CN1CCC(c2nc(-c3ccncc3)n[nH]2)CC1)N1CCN(c2ccccc2F)CC1. The van der Waals surface area contributed by atoms with Gasteiger partial charge in [0.15, 0.2) is 5.82 Å². The predicted octanol–water partition coefficient (Wildman–Crippen LogP) is 2.53. The van der Waals surface area contributed by atoms with Crippen molar-refractivity contribution < 1.29 is 9.18 Å². The van der Waals surface area contributed by atoms with Gasteiger partial charge in [0, 0.05) is 50.1 Å². The van der Waals surface area contributed by atoms with Crippen LogP contribution in [0.15, 0.2) is 48.8 Å². The molecule has 1 amide bonds. The molecule has 2 aromatic heterocycles. The van der Waals surface area contributed by atoms with Crippen molar-refractivity contribution in [1.29, 1.82) is 0 Å². The standard InChI is InChI=1S/C24H28FN7O/c25-20-3-1-2-4-21(20)31-13-15-32(16-14-31)22(33)17-30-11-7-19(8-12-30)24-27-23(28-29-24)18-5-9-26-10-6-18/h1-6,9-10,19H,7-8,11-17H2,(H,27,28,29). The number of nitrogens with one attached hydrogen (secondary N) is 1. The maximum Gasteiger partial charge on any atom is 0.236 e. The molecule has 0 saturated carbocycles. The van der Waals surface area contributed by atoms with Crippen molar-refractivity contribution in [3.05, 3.63) is 60.4 Å². The first-order valence-corrected chi connectivity index (χ1v) is 11.5. The Balaban J connectivity index is 1.09. The van der Waals surface area contributed by atoms with E-state index in [1.54, 1.807) is 24.5 Å². The van der Waals surface area contributed by atoms with E-state index in [4.69, 9.17) is 0 Å². The van der Waals surface area contributed by atoms with Gasteiger partial charge in [-0.1, -0.05) is 12.1 Å².